The van der Waals surface area contributed by atoms with Gasteiger partial charge in [0.15, 0.2) is 11.5 Å². The molecule has 27 heavy (non-hydrogen) atoms. The summed E-state index contributed by atoms with van der Waals surface area (Å²) in [4.78, 5) is 24.1. The second-order valence-corrected chi connectivity index (χ2v) is 5.86. The van der Waals surface area contributed by atoms with Crippen molar-refractivity contribution in [2.45, 2.75) is 0 Å². The lowest BCUT2D eigenvalue weighted by atomic mass is 10.1. The summed E-state index contributed by atoms with van der Waals surface area (Å²) in [6, 6.07) is 13.2. The summed E-state index contributed by atoms with van der Waals surface area (Å²) in [5.41, 5.74) is 1.33. The normalized spacial score (nSPS) is 10.3. The summed E-state index contributed by atoms with van der Waals surface area (Å²) < 4.78 is 15.1. The third kappa shape index (κ3) is 4.09. The van der Waals surface area contributed by atoms with Crippen LogP contribution in [0.3, 0.4) is 0 Å². The molecule has 0 saturated carbocycles. The minimum absolute atomic E-state index is 0.0855. The van der Waals surface area contributed by atoms with E-state index in [4.69, 9.17) is 20.9 Å². The van der Waals surface area contributed by atoms with Gasteiger partial charge in [0.1, 0.15) is 5.75 Å². The largest absolute Gasteiger partial charge is 0.497 e. The molecule has 0 fully saturated rings. The predicted octanol–water partition coefficient (Wildman–Crippen LogP) is 4.04. The fourth-order valence-corrected chi connectivity index (χ4v) is 2.55. The topological polar surface area (TPSA) is 90.7 Å². The molecule has 0 bridgehead atoms. The van der Waals surface area contributed by atoms with Gasteiger partial charge in [-0.1, -0.05) is 28.9 Å². The SMILES string of the molecule is COC(=O)c1cc(NC(=O)c2cc(-c3cccc(OC)c3)on2)ccc1Cl. The van der Waals surface area contributed by atoms with Crippen molar-refractivity contribution in [1.29, 1.82) is 0 Å². The number of hydrogen-bond donors (Lipinski definition) is 1. The lowest BCUT2D eigenvalue weighted by Gasteiger charge is -2.06. The number of carbonyl (C=O) groups excluding carboxylic acids is 2. The molecule has 0 spiro atoms. The molecular weight excluding hydrogens is 372 g/mol. The van der Waals surface area contributed by atoms with Crippen LogP contribution in [0.1, 0.15) is 20.8 Å². The van der Waals surface area contributed by atoms with E-state index in [1.165, 1.54) is 25.3 Å². The first-order valence-corrected chi connectivity index (χ1v) is 8.20. The van der Waals surface area contributed by atoms with Crippen molar-refractivity contribution >= 4 is 29.2 Å². The average molecular weight is 387 g/mol. The van der Waals surface area contributed by atoms with Gasteiger partial charge in [-0.3, -0.25) is 4.79 Å². The summed E-state index contributed by atoms with van der Waals surface area (Å²) >= 11 is 5.97. The highest BCUT2D eigenvalue weighted by atomic mass is 35.5. The Balaban J connectivity index is 1.79. The van der Waals surface area contributed by atoms with Crippen LogP contribution in [0.4, 0.5) is 5.69 Å². The van der Waals surface area contributed by atoms with Crippen molar-refractivity contribution in [3.63, 3.8) is 0 Å². The average Bonchev–Trinajstić information content (AvgIpc) is 3.19. The van der Waals surface area contributed by atoms with Crippen LogP contribution in [-0.2, 0) is 4.74 Å². The van der Waals surface area contributed by atoms with Gasteiger partial charge in [-0.2, -0.15) is 0 Å². The molecule has 0 atom stereocenters. The van der Waals surface area contributed by atoms with E-state index in [1.54, 1.807) is 31.4 Å². The highest BCUT2D eigenvalue weighted by Crippen LogP contribution is 2.25. The smallest absolute Gasteiger partial charge is 0.339 e. The number of aromatic nitrogens is 1. The molecule has 0 radical (unpaired) electrons. The van der Waals surface area contributed by atoms with Crippen molar-refractivity contribution in [3.05, 3.63) is 64.8 Å². The van der Waals surface area contributed by atoms with Crippen LogP contribution in [0.5, 0.6) is 5.75 Å². The molecule has 7 nitrogen and oxygen atoms in total. The number of rotatable bonds is 5. The summed E-state index contributed by atoms with van der Waals surface area (Å²) in [5, 5.41) is 6.65. The fourth-order valence-electron chi connectivity index (χ4n) is 2.36. The molecule has 1 aromatic heterocycles. The number of amides is 1. The summed E-state index contributed by atoms with van der Waals surface area (Å²) in [6.07, 6.45) is 0. The highest BCUT2D eigenvalue weighted by molar-refractivity contribution is 6.33. The second kappa shape index (κ2) is 7.92. The number of nitrogens with zero attached hydrogens (tertiary/aromatic N) is 1. The Hall–Kier alpha value is -3.32. The zero-order valence-electron chi connectivity index (χ0n) is 14.5. The third-order valence-corrected chi connectivity index (χ3v) is 4.06. The summed E-state index contributed by atoms with van der Waals surface area (Å²) in [7, 11) is 2.81. The number of nitrogens with one attached hydrogen (secondary N) is 1. The second-order valence-electron chi connectivity index (χ2n) is 5.45. The Morgan fingerprint density at radius 3 is 2.67 bits per heavy atom. The number of esters is 1. The number of halogens is 1. The number of anilines is 1. The molecule has 0 saturated heterocycles. The van der Waals surface area contributed by atoms with Gasteiger partial charge in [0.25, 0.3) is 5.91 Å². The minimum Gasteiger partial charge on any atom is -0.497 e. The fraction of sp³-hybridized carbons (Fsp3) is 0.105. The van der Waals surface area contributed by atoms with Crippen molar-refractivity contribution in [2.24, 2.45) is 0 Å². The van der Waals surface area contributed by atoms with Gasteiger partial charge in [-0.15, -0.1) is 0 Å². The quantitative estimate of drug-likeness (QED) is 0.665. The van der Waals surface area contributed by atoms with Crippen LogP contribution in [-0.4, -0.2) is 31.3 Å². The summed E-state index contributed by atoms with van der Waals surface area (Å²) in [6.45, 7) is 0. The third-order valence-electron chi connectivity index (χ3n) is 3.73. The van der Waals surface area contributed by atoms with E-state index in [1.807, 2.05) is 6.07 Å². The molecule has 0 aliphatic carbocycles. The molecule has 138 valence electrons. The van der Waals surface area contributed by atoms with Gasteiger partial charge in [-0.05, 0) is 30.3 Å². The monoisotopic (exact) mass is 386 g/mol. The number of benzene rings is 2. The van der Waals surface area contributed by atoms with Crippen molar-refractivity contribution < 1.29 is 23.6 Å². The van der Waals surface area contributed by atoms with Crippen molar-refractivity contribution in [1.82, 2.24) is 5.16 Å². The Labute approximate surface area is 159 Å². The number of methoxy groups -OCH3 is 2. The molecule has 2 aromatic carbocycles. The first kappa shape index (κ1) is 18.5. The van der Waals surface area contributed by atoms with E-state index in [0.717, 1.165) is 5.56 Å². The molecule has 0 aliphatic rings. The highest BCUT2D eigenvalue weighted by Gasteiger charge is 2.16. The number of ether oxygens (including phenoxy) is 2. The van der Waals surface area contributed by atoms with E-state index in [9.17, 15) is 9.59 Å². The predicted molar refractivity (Wildman–Crippen MR) is 99.2 cm³/mol. The first-order chi connectivity index (χ1) is 13.0. The molecule has 1 amide bonds. The van der Waals surface area contributed by atoms with Gasteiger partial charge in [0, 0.05) is 17.3 Å². The van der Waals surface area contributed by atoms with Crippen molar-refractivity contribution in [3.8, 4) is 17.1 Å². The number of carbonyl (C=O) groups is 2. The van der Waals surface area contributed by atoms with Gasteiger partial charge in [0.05, 0.1) is 24.8 Å². The molecule has 8 heteroatoms. The first-order valence-electron chi connectivity index (χ1n) is 7.82. The molecule has 0 unspecified atom stereocenters. The Morgan fingerprint density at radius 1 is 1.11 bits per heavy atom. The van der Waals surface area contributed by atoms with Crippen molar-refractivity contribution in [2.75, 3.05) is 19.5 Å². The zero-order valence-corrected chi connectivity index (χ0v) is 15.2. The lowest BCUT2D eigenvalue weighted by Crippen LogP contribution is -2.13. The van der Waals surface area contributed by atoms with Crippen LogP contribution in [0.2, 0.25) is 5.02 Å². The summed E-state index contributed by atoms with van der Waals surface area (Å²) in [5.74, 6) is -0.0132. The van der Waals surface area contributed by atoms with Gasteiger partial charge >= 0.3 is 5.97 Å². The van der Waals surface area contributed by atoms with E-state index in [0.29, 0.717) is 17.2 Å². The maximum atomic E-state index is 12.4. The Morgan fingerprint density at radius 2 is 1.93 bits per heavy atom. The molecule has 3 rings (SSSR count). The minimum atomic E-state index is -0.599. The van der Waals surface area contributed by atoms with E-state index < -0.39 is 11.9 Å². The molecular formula is C19H15ClN2O5. The molecule has 3 aromatic rings. The van der Waals surface area contributed by atoms with E-state index in [2.05, 4.69) is 15.2 Å². The zero-order chi connectivity index (χ0) is 19.4. The van der Waals surface area contributed by atoms with E-state index >= 15 is 0 Å². The van der Waals surface area contributed by atoms with Gasteiger partial charge in [0.2, 0.25) is 0 Å². The van der Waals surface area contributed by atoms with Gasteiger partial charge < -0.3 is 19.3 Å². The van der Waals surface area contributed by atoms with Crippen LogP contribution in [0, 0.1) is 0 Å². The van der Waals surface area contributed by atoms with Crippen LogP contribution >= 0.6 is 11.6 Å². The van der Waals surface area contributed by atoms with Crippen LogP contribution in [0.15, 0.2) is 53.1 Å². The Bertz CT molecular complexity index is 999. The maximum absolute atomic E-state index is 12.4. The van der Waals surface area contributed by atoms with Crippen LogP contribution in [0.25, 0.3) is 11.3 Å². The standard InChI is InChI=1S/C19H15ClN2O5/c1-25-13-5-3-4-11(8-13)17-10-16(22-27-17)18(23)21-12-6-7-15(20)14(9-12)19(24)26-2/h3-10H,1-2H3,(H,21,23). The molecule has 0 aliphatic heterocycles. The lowest BCUT2D eigenvalue weighted by molar-refractivity contribution is 0.0600. The van der Waals surface area contributed by atoms with Crippen LogP contribution < -0.4 is 10.1 Å². The number of hydrogen-bond acceptors (Lipinski definition) is 6. The van der Waals surface area contributed by atoms with E-state index in [-0.39, 0.29) is 16.3 Å². The van der Waals surface area contributed by atoms with Gasteiger partial charge in [-0.25, -0.2) is 4.79 Å². The molecule has 1 N–H and O–H groups in total. The maximum Gasteiger partial charge on any atom is 0.339 e. The molecule has 1 heterocycles. The Kier molecular flexibility index (Phi) is 5.42.